The summed E-state index contributed by atoms with van der Waals surface area (Å²) in [5, 5.41) is 20.5. The summed E-state index contributed by atoms with van der Waals surface area (Å²) >= 11 is 1.13. The Balaban J connectivity index is 2.81. The number of aromatic nitrogens is 2. The number of nitriles is 1. The largest absolute Gasteiger partial charge is 0.465 e. The molecule has 9 nitrogen and oxygen atoms in total. The number of H-pyrrole nitrogens is 1. The highest BCUT2D eigenvalue weighted by Crippen LogP contribution is 2.27. The molecule has 0 aliphatic rings. The van der Waals surface area contributed by atoms with Gasteiger partial charge in [-0.3, -0.25) is 14.9 Å². The number of nitrogens with one attached hydrogen (secondary N) is 1. The summed E-state index contributed by atoms with van der Waals surface area (Å²) in [5.74, 6) is -0.784. The molecule has 1 aromatic heterocycles. The Kier molecular flexibility index (Phi) is 4.96. The van der Waals surface area contributed by atoms with Crippen LogP contribution >= 0.6 is 11.8 Å². The molecule has 0 saturated carbocycles. The molecule has 1 N–H and O–H groups in total. The Hall–Kier alpha value is -3.19. The smallest absolute Gasteiger partial charge is 0.338 e. The molecule has 122 valence electrons. The molecule has 0 radical (unpaired) electrons. The topological polar surface area (TPSA) is 139 Å². The molecular formula is C14H10N4O5S. The molecule has 2 rings (SSSR count). The maximum Gasteiger partial charge on any atom is 0.338 e. The van der Waals surface area contributed by atoms with Crippen molar-refractivity contribution < 1.29 is 14.5 Å². The van der Waals surface area contributed by atoms with E-state index in [1.165, 1.54) is 6.07 Å². The minimum atomic E-state index is -0.784. The summed E-state index contributed by atoms with van der Waals surface area (Å²) < 4.78 is 4.57. The van der Waals surface area contributed by atoms with E-state index in [0.717, 1.165) is 31.0 Å². The molecule has 0 saturated heterocycles. The fourth-order valence-electron chi connectivity index (χ4n) is 1.95. The highest BCUT2D eigenvalue weighted by molar-refractivity contribution is 7.98. The van der Waals surface area contributed by atoms with Gasteiger partial charge in [-0.25, -0.2) is 9.78 Å². The number of benzene rings is 1. The molecule has 0 atom stereocenters. The molecular weight excluding hydrogens is 336 g/mol. The van der Waals surface area contributed by atoms with E-state index < -0.39 is 16.5 Å². The number of thioether (sulfide) groups is 1. The van der Waals surface area contributed by atoms with Gasteiger partial charge in [-0.1, -0.05) is 11.8 Å². The highest BCUT2D eigenvalue weighted by atomic mass is 32.2. The molecule has 24 heavy (non-hydrogen) atoms. The summed E-state index contributed by atoms with van der Waals surface area (Å²) in [4.78, 5) is 40.6. The van der Waals surface area contributed by atoms with Crippen LogP contribution in [0.5, 0.6) is 0 Å². The SMILES string of the molecule is COC(=O)c1cc(-c2nc(SC)[nH]c(=O)c2C#N)cc([N+](=O)[O-])c1. The van der Waals surface area contributed by atoms with E-state index in [9.17, 15) is 25.0 Å². The number of nitro benzene ring substituents is 1. The van der Waals surface area contributed by atoms with Crippen molar-refractivity contribution in [3.63, 3.8) is 0 Å². The lowest BCUT2D eigenvalue weighted by atomic mass is 10.0. The quantitative estimate of drug-likeness (QED) is 0.290. The molecule has 2 aromatic rings. The second-order valence-corrected chi connectivity index (χ2v) is 5.22. The molecule has 0 fully saturated rings. The third kappa shape index (κ3) is 3.26. The summed E-state index contributed by atoms with van der Waals surface area (Å²) in [6, 6.07) is 5.19. The maximum absolute atomic E-state index is 12.0. The van der Waals surface area contributed by atoms with Gasteiger partial charge in [0.1, 0.15) is 11.6 Å². The highest BCUT2D eigenvalue weighted by Gasteiger charge is 2.20. The first-order valence-corrected chi connectivity index (χ1v) is 7.60. The molecule has 0 aliphatic heterocycles. The standard InChI is InChI=1S/C14H10N4O5S/c1-23-13(20)8-3-7(4-9(5-8)18(21)22)11-10(6-15)12(19)17-14(16-11)24-2/h3-5H,1-2H3,(H,16,17,19). The van der Waals surface area contributed by atoms with Gasteiger partial charge in [-0.15, -0.1) is 0 Å². The number of methoxy groups -OCH3 is 1. The van der Waals surface area contributed by atoms with Crippen molar-refractivity contribution >= 4 is 23.4 Å². The average Bonchev–Trinajstić information content (AvgIpc) is 2.59. The van der Waals surface area contributed by atoms with Crippen molar-refractivity contribution in [2.24, 2.45) is 0 Å². The van der Waals surface area contributed by atoms with Gasteiger partial charge in [-0.05, 0) is 12.3 Å². The van der Waals surface area contributed by atoms with Gasteiger partial charge < -0.3 is 9.72 Å². The van der Waals surface area contributed by atoms with Crippen molar-refractivity contribution in [1.29, 1.82) is 5.26 Å². The molecule has 0 spiro atoms. The number of aromatic amines is 1. The second-order valence-electron chi connectivity index (χ2n) is 4.43. The lowest BCUT2D eigenvalue weighted by Gasteiger charge is -2.07. The van der Waals surface area contributed by atoms with Gasteiger partial charge in [0.05, 0.1) is 23.3 Å². The van der Waals surface area contributed by atoms with Gasteiger partial charge >= 0.3 is 5.97 Å². The van der Waals surface area contributed by atoms with Gasteiger partial charge in [0, 0.05) is 17.7 Å². The van der Waals surface area contributed by atoms with Crippen LogP contribution in [0.4, 0.5) is 5.69 Å². The minimum Gasteiger partial charge on any atom is -0.465 e. The Morgan fingerprint density at radius 3 is 2.71 bits per heavy atom. The number of rotatable bonds is 4. The Bertz CT molecular complexity index is 932. The molecule has 1 aromatic carbocycles. The number of nitrogens with zero attached hydrogens (tertiary/aromatic N) is 3. The van der Waals surface area contributed by atoms with Gasteiger partial charge in [0.2, 0.25) is 0 Å². The predicted molar refractivity (Wildman–Crippen MR) is 84.8 cm³/mol. The average molecular weight is 346 g/mol. The molecule has 0 bridgehead atoms. The van der Waals surface area contributed by atoms with Crippen LogP contribution in [-0.4, -0.2) is 34.2 Å². The predicted octanol–water partition coefficient (Wildman–Crippen LogP) is 1.73. The fourth-order valence-corrected chi connectivity index (χ4v) is 2.33. The first-order chi connectivity index (χ1) is 11.4. The van der Waals surface area contributed by atoms with Crippen LogP contribution in [0, 0.1) is 21.4 Å². The molecule has 1 heterocycles. The van der Waals surface area contributed by atoms with Crippen LogP contribution in [0.2, 0.25) is 0 Å². The maximum atomic E-state index is 12.0. The van der Waals surface area contributed by atoms with Crippen LogP contribution in [-0.2, 0) is 4.74 Å². The third-order valence-electron chi connectivity index (χ3n) is 3.03. The number of esters is 1. The van der Waals surface area contributed by atoms with Gasteiger partial charge in [-0.2, -0.15) is 5.26 Å². The Morgan fingerprint density at radius 2 is 2.17 bits per heavy atom. The van der Waals surface area contributed by atoms with Crippen molar-refractivity contribution in [2.45, 2.75) is 5.16 Å². The number of ether oxygens (including phenoxy) is 1. The number of hydrogen-bond donors (Lipinski definition) is 1. The first kappa shape index (κ1) is 17.2. The summed E-state index contributed by atoms with van der Waals surface area (Å²) in [5.41, 5.74) is -1.38. The lowest BCUT2D eigenvalue weighted by Crippen LogP contribution is -2.15. The van der Waals surface area contributed by atoms with E-state index >= 15 is 0 Å². The Labute approximate surface area is 139 Å². The first-order valence-electron chi connectivity index (χ1n) is 6.37. The summed E-state index contributed by atoms with van der Waals surface area (Å²) in [6.07, 6.45) is 1.67. The van der Waals surface area contributed by atoms with Crippen molar-refractivity contribution in [2.75, 3.05) is 13.4 Å². The van der Waals surface area contributed by atoms with E-state index in [0.29, 0.717) is 0 Å². The number of hydrogen-bond acceptors (Lipinski definition) is 8. The molecule has 0 amide bonds. The van der Waals surface area contributed by atoms with Crippen LogP contribution < -0.4 is 5.56 Å². The molecule has 0 aliphatic carbocycles. The van der Waals surface area contributed by atoms with Gasteiger partial charge in [0.25, 0.3) is 11.2 Å². The van der Waals surface area contributed by atoms with Gasteiger partial charge in [0.15, 0.2) is 5.16 Å². The van der Waals surface area contributed by atoms with Crippen LogP contribution in [0.1, 0.15) is 15.9 Å². The van der Waals surface area contributed by atoms with E-state index in [4.69, 9.17) is 0 Å². The van der Waals surface area contributed by atoms with Crippen LogP contribution in [0.25, 0.3) is 11.3 Å². The third-order valence-corrected chi connectivity index (χ3v) is 3.61. The number of nitro groups is 1. The monoisotopic (exact) mass is 346 g/mol. The number of carbonyl (C=O) groups is 1. The van der Waals surface area contributed by atoms with E-state index in [1.807, 2.05) is 0 Å². The van der Waals surface area contributed by atoms with Crippen molar-refractivity contribution in [1.82, 2.24) is 9.97 Å². The molecule has 10 heteroatoms. The number of non-ortho nitro benzene ring substituents is 1. The second kappa shape index (κ2) is 6.93. The Morgan fingerprint density at radius 1 is 1.46 bits per heavy atom. The minimum absolute atomic E-state index is 0.0422. The van der Waals surface area contributed by atoms with Crippen LogP contribution in [0.3, 0.4) is 0 Å². The van der Waals surface area contributed by atoms with E-state index in [-0.39, 0.29) is 33.2 Å². The van der Waals surface area contributed by atoms with E-state index in [2.05, 4.69) is 14.7 Å². The van der Waals surface area contributed by atoms with E-state index in [1.54, 1.807) is 12.3 Å². The van der Waals surface area contributed by atoms with Crippen LogP contribution in [0.15, 0.2) is 28.2 Å². The lowest BCUT2D eigenvalue weighted by molar-refractivity contribution is -0.384. The fraction of sp³-hybridized carbons (Fsp3) is 0.143. The van der Waals surface area contributed by atoms with Crippen molar-refractivity contribution in [3.8, 4) is 17.3 Å². The summed E-state index contributed by atoms with van der Waals surface area (Å²) in [6.45, 7) is 0. The number of carbonyl (C=O) groups excluding carboxylic acids is 1. The summed E-state index contributed by atoms with van der Waals surface area (Å²) in [7, 11) is 1.14. The zero-order valence-electron chi connectivity index (χ0n) is 12.5. The normalized spacial score (nSPS) is 10.0. The molecule has 0 unspecified atom stereocenters. The zero-order valence-corrected chi connectivity index (χ0v) is 13.3. The van der Waals surface area contributed by atoms with Crippen molar-refractivity contribution in [3.05, 3.63) is 49.8 Å². The zero-order chi connectivity index (χ0) is 17.9.